The van der Waals surface area contributed by atoms with Crippen molar-refractivity contribution in [3.05, 3.63) is 35.4 Å². The fourth-order valence-electron chi connectivity index (χ4n) is 2.83. The van der Waals surface area contributed by atoms with E-state index in [9.17, 15) is 0 Å². The lowest BCUT2D eigenvalue weighted by molar-refractivity contribution is 0.175. The highest BCUT2D eigenvalue weighted by Crippen LogP contribution is 2.17. The monoisotopic (exact) mass is 246 g/mol. The molecule has 100 valence electrons. The molecular formula is C16H26N2. The molecule has 0 saturated carbocycles. The summed E-state index contributed by atoms with van der Waals surface area (Å²) in [5.74, 6) is 0. The van der Waals surface area contributed by atoms with Crippen molar-refractivity contribution in [2.75, 3.05) is 20.1 Å². The summed E-state index contributed by atoms with van der Waals surface area (Å²) >= 11 is 0. The first-order valence-corrected chi connectivity index (χ1v) is 7.22. The quantitative estimate of drug-likeness (QED) is 0.804. The Hall–Kier alpha value is -0.860. The molecule has 1 saturated heterocycles. The molecule has 1 atom stereocenters. The SMILES string of the molecule is Cc1cccc(CNCCC2CCCCN2C)c1. The van der Waals surface area contributed by atoms with E-state index < -0.39 is 0 Å². The zero-order chi connectivity index (χ0) is 12.8. The maximum atomic E-state index is 3.57. The van der Waals surface area contributed by atoms with Crippen LogP contribution in [0.4, 0.5) is 0 Å². The number of hydrogen-bond donors (Lipinski definition) is 1. The third-order valence-corrected chi connectivity index (χ3v) is 3.99. The first-order valence-electron chi connectivity index (χ1n) is 7.22. The lowest BCUT2D eigenvalue weighted by Gasteiger charge is -2.32. The summed E-state index contributed by atoms with van der Waals surface area (Å²) in [5.41, 5.74) is 2.74. The molecule has 0 aromatic heterocycles. The van der Waals surface area contributed by atoms with Crippen LogP contribution in [-0.2, 0) is 6.54 Å². The van der Waals surface area contributed by atoms with E-state index in [0.29, 0.717) is 0 Å². The Kier molecular flexibility index (Phi) is 5.21. The van der Waals surface area contributed by atoms with Crippen LogP contribution < -0.4 is 5.32 Å². The van der Waals surface area contributed by atoms with Gasteiger partial charge in [0.25, 0.3) is 0 Å². The molecule has 1 heterocycles. The molecule has 0 aliphatic carbocycles. The van der Waals surface area contributed by atoms with Crippen LogP contribution in [0.25, 0.3) is 0 Å². The molecule has 0 radical (unpaired) electrons. The van der Waals surface area contributed by atoms with Crippen LogP contribution in [-0.4, -0.2) is 31.1 Å². The fourth-order valence-corrected chi connectivity index (χ4v) is 2.83. The van der Waals surface area contributed by atoms with Crippen molar-refractivity contribution < 1.29 is 0 Å². The molecular weight excluding hydrogens is 220 g/mol. The molecule has 0 bridgehead atoms. The molecule has 18 heavy (non-hydrogen) atoms. The van der Waals surface area contributed by atoms with Gasteiger partial charge in [-0.05, 0) is 51.9 Å². The molecule has 1 N–H and O–H groups in total. The molecule has 1 aromatic carbocycles. The van der Waals surface area contributed by atoms with Gasteiger partial charge in [-0.15, -0.1) is 0 Å². The lowest BCUT2D eigenvalue weighted by atomic mass is 10.0. The van der Waals surface area contributed by atoms with Gasteiger partial charge in [-0.2, -0.15) is 0 Å². The minimum atomic E-state index is 0.795. The minimum Gasteiger partial charge on any atom is -0.313 e. The summed E-state index contributed by atoms with van der Waals surface area (Å²) in [5, 5.41) is 3.57. The molecule has 1 unspecified atom stereocenters. The van der Waals surface area contributed by atoms with Gasteiger partial charge in [0.1, 0.15) is 0 Å². The van der Waals surface area contributed by atoms with Gasteiger partial charge in [0.05, 0.1) is 0 Å². The number of hydrogen-bond acceptors (Lipinski definition) is 2. The molecule has 1 fully saturated rings. The Bertz CT molecular complexity index is 362. The van der Waals surface area contributed by atoms with Crippen molar-refractivity contribution in [1.82, 2.24) is 10.2 Å². The average Bonchev–Trinajstić information content (AvgIpc) is 2.37. The van der Waals surface area contributed by atoms with Crippen molar-refractivity contribution in [2.24, 2.45) is 0 Å². The van der Waals surface area contributed by atoms with Crippen LogP contribution in [0.5, 0.6) is 0 Å². The number of likely N-dealkylation sites (tertiary alicyclic amines) is 1. The Morgan fingerprint density at radius 1 is 1.33 bits per heavy atom. The normalized spacial score (nSPS) is 21.1. The number of nitrogens with one attached hydrogen (secondary N) is 1. The van der Waals surface area contributed by atoms with E-state index in [4.69, 9.17) is 0 Å². The van der Waals surface area contributed by atoms with Gasteiger partial charge in [0, 0.05) is 12.6 Å². The molecule has 0 spiro atoms. The van der Waals surface area contributed by atoms with Gasteiger partial charge in [-0.1, -0.05) is 36.2 Å². The molecule has 2 nitrogen and oxygen atoms in total. The summed E-state index contributed by atoms with van der Waals surface area (Å²) in [6, 6.07) is 9.55. The summed E-state index contributed by atoms with van der Waals surface area (Å²) in [7, 11) is 2.27. The number of rotatable bonds is 5. The second-order valence-corrected chi connectivity index (χ2v) is 5.58. The zero-order valence-corrected chi connectivity index (χ0v) is 11.8. The van der Waals surface area contributed by atoms with E-state index in [1.807, 2.05) is 0 Å². The summed E-state index contributed by atoms with van der Waals surface area (Å²) in [6.07, 6.45) is 5.45. The Balaban J connectivity index is 1.66. The van der Waals surface area contributed by atoms with E-state index in [0.717, 1.165) is 19.1 Å². The van der Waals surface area contributed by atoms with E-state index >= 15 is 0 Å². The van der Waals surface area contributed by atoms with Crippen molar-refractivity contribution in [2.45, 2.75) is 45.2 Å². The lowest BCUT2D eigenvalue weighted by Crippen LogP contribution is -2.38. The maximum Gasteiger partial charge on any atom is 0.0205 e. The Morgan fingerprint density at radius 3 is 3.00 bits per heavy atom. The number of benzene rings is 1. The molecule has 2 heteroatoms. The van der Waals surface area contributed by atoms with Crippen LogP contribution in [0.3, 0.4) is 0 Å². The van der Waals surface area contributed by atoms with Gasteiger partial charge in [0.15, 0.2) is 0 Å². The van der Waals surface area contributed by atoms with E-state index in [-0.39, 0.29) is 0 Å². The molecule has 1 aromatic rings. The highest BCUT2D eigenvalue weighted by atomic mass is 15.1. The molecule has 2 rings (SSSR count). The van der Waals surface area contributed by atoms with E-state index in [2.05, 4.69) is 48.5 Å². The highest BCUT2D eigenvalue weighted by Gasteiger charge is 2.17. The number of aryl methyl sites for hydroxylation is 1. The van der Waals surface area contributed by atoms with Crippen molar-refractivity contribution in [1.29, 1.82) is 0 Å². The van der Waals surface area contributed by atoms with Gasteiger partial charge < -0.3 is 10.2 Å². The predicted molar refractivity (Wildman–Crippen MR) is 77.8 cm³/mol. The largest absolute Gasteiger partial charge is 0.313 e. The van der Waals surface area contributed by atoms with E-state index in [1.54, 1.807) is 0 Å². The molecule has 1 aliphatic heterocycles. The van der Waals surface area contributed by atoms with E-state index in [1.165, 1.54) is 43.4 Å². The van der Waals surface area contributed by atoms with Gasteiger partial charge in [0.2, 0.25) is 0 Å². The zero-order valence-electron chi connectivity index (χ0n) is 11.8. The second-order valence-electron chi connectivity index (χ2n) is 5.58. The predicted octanol–water partition coefficient (Wildman–Crippen LogP) is 2.96. The summed E-state index contributed by atoms with van der Waals surface area (Å²) < 4.78 is 0. The Morgan fingerprint density at radius 2 is 2.22 bits per heavy atom. The minimum absolute atomic E-state index is 0.795. The number of nitrogens with zero attached hydrogens (tertiary/aromatic N) is 1. The number of piperidine rings is 1. The summed E-state index contributed by atoms with van der Waals surface area (Å²) in [6.45, 7) is 5.56. The smallest absolute Gasteiger partial charge is 0.0205 e. The van der Waals surface area contributed by atoms with Crippen LogP contribution in [0.1, 0.15) is 36.8 Å². The maximum absolute atomic E-state index is 3.57. The summed E-state index contributed by atoms with van der Waals surface area (Å²) in [4.78, 5) is 2.53. The average molecular weight is 246 g/mol. The van der Waals surface area contributed by atoms with Crippen LogP contribution in [0.15, 0.2) is 24.3 Å². The first-order chi connectivity index (χ1) is 8.75. The highest BCUT2D eigenvalue weighted by molar-refractivity contribution is 5.21. The van der Waals surface area contributed by atoms with Gasteiger partial charge >= 0.3 is 0 Å². The van der Waals surface area contributed by atoms with Gasteiger partial charge in [-0.3, -0.25) is 0 Å². The second kappa shape index (κ2) is 6.91. The van der Waals surface area contributed by atoms with Crippen molar-refractivity contribution in [3.8, 4) is 0 Å². The topological polar surface area (TPSA) is 15.3 Å². The fraction of sp³-hybridized carbons (Fsp3) is 0.625. The van der Waals surface area contributed by atoms with Crippen LogP contribution >= 0.6 is 0 Å². The molecule has 0 amide bonds. The van der Waals surface area contributed by atoms with Crippen LogP contribution in [0.2, 0.25) is 0 Å². The van der Waals surface area contributed by atoms with Gasteiger partial charge in [-0.25, -0.2) is 0 Å². The molecule has 1 aliphatic rings. The third-order valence-electron chi connectivity index (χ3n) is 3.99. The van der Waals surface area contributed by atoms with Crippen molar-refractivity contribution in [3.63, 3.8) is 0 Å². The first kappa shape index (κ1) is 13.6. The Labute approximate surface area is 111 Å². The standard InChI is InChI=1S/C16H26N2/c1-14-6-5-7-15(12-14)13-17-10-9-16-8-3-4-11-18(16)2/h5-7,12,16-17H,3-4,8-11,13H2,1-2H3. The third kappa shape index (κ3) is 4.11. The van der Waals surface area contributed by atoms with Crippen LogP contribution in [0, 0.1) is 6.92 Å². The van der Waals surface area contributed by atoms with Crippen molar-refractivity contribution >= 4 is 0 Å².